The largest absolute Gasteiger partial charge is 0.378 e. The van der Waals surface area contributed by atoms with Crippen LogP contribution in [0.4, 0.5) is 0 Å². The van der Waals surface area contributed by atoms with Crippen LogP contribution in [0.1, 0.15) is 75.6 Å². The van der Waals surface area contributed by atoms with Crippen LogP contribution in [0.15, 0.2) is 55.2 Å². The van der Waals surface area contributed by atoms with Gasteiger partial charge in [0.05, 0.1) is 37.8 Å². The Kier molecular flexibility index (Phi) is 21.3. The van der Waals surface area contributed by atoms with Crippen molar-refractivity contribution < 1.29 is 18.5 Å². The highest BCUT2D eigenvalue weighted by Crippen LogP contribution is 2.32. The minimum absolute atomic E-state index is 0.568. The molecule has 2 aromatic heterocycles. The second-order valence-electron chi connectivity index (χ2n) is 9.58. The van der Waals surface area contributed by atoms with Crippen molar-refractivity contribution in [3.8, 4) is 22.3 Å². The zero-order chi connectivity index (χ0) is 34.5. The van der Waals surface area contributed by atoms with Gasteiger partial charge >= 0.3 is 0 Å². The van der Waals surface area contributed by atoms with E-state index in [9.17, 15) is 0 Å². The minimum Gasteiger partial charge on any atom is -0.378 e. The molecule has 2 N–H and O–H groups in total. The Morgan fingerprint density at radius 2 is 0.935 bits per heavy atom. The smallest absolute Gasteiger partial charge is 0.141 e. The number of nitrogens with one attached hydrogen (secondary N) is 2. The molecule has 0 saturated carbocycles. The standard InChI is InChI=1S/C30H38N4O4S2.3C2H6/c1-19-7-9-25(29-21(3)33-37-23(29)5)17-27(19)39-31-11-13-35-15-16-36-14-12-32-40-28-18-26(10-8-20(28)2)30-22(4)34-38-24(30)6;3*1-2/h7-10,17-18,31-32H,11-16H2,1-6H3;3*1-2H3. The van der Waals surface area contributed by atoms with Crippen molar-refractivity contribution in [1.82, 2.24) is 19.8 Å². The Bertz CT molecular complexity index is 1260. The summed E-state index contributed by atoms with van der Waals surface area (Å²) in [6.45, 7) is 27.9. The Hall–Kier alpha value is -2.60. The number of ether oxygens (including phenoxy) is 2. The van der Waals surface area contributed by atoms with Crippen LogP contribution < -0.4 is 9.44 Å². The van der Waals surface area contributed by atoms with E-state index in [1.165, 1.54) is 20.9 Å². The summed E-state index contributed by atoms with van der Waals surface area (Å²) in [6.07, 6.45) is 0. The van der Waals surface area contributed by atoms with E-state index < -0.39 is 0 Å². The maximum absolute atomic E-state index is 5.72. The highest BCUT2D eigenvalue weighted by atomic mass is 32.2. The number of hydrogen-bond donors (Lipinski definition) is 2. The fraction of sp³-hybridized carbons (Fsp3) is 0.500. The second-order valence-corrected chi connectivity index (χ2v) is 11.4. The molecule has 4 aromatic rings. The van der Waals surface area contributed by atoms with Crippen molar-refractivity contribution in [3.05, 3.63) is 70.4 Å². The molecule has 0 amide bonds. The first-order valence-electron chi connectivity index (χ1n) is 16.4. The lowest BCUT2D eigenvalue weighted by Gasteiger charge is -2.11. The predicted molar refractivity (Wildman–Crippen MR) is 196 cm³/mol. The van der Waals surface area contributed by atoms with Crippen molar-refractivity contribution in [3.63, 3.8) is 0 Å². The molecule has 0 atom stereocenters. The molecule has 10 heteroatoms. The van der Waals surface area contributed by atoms with Crippen molar-refractivity contribution in [2.75, 3.05) is 39.5 Å². The van der Waals surface area contributed by atoms with Crippen molar-refractivity contribution in [2.45, 2.75) is 92.9 Å². The molecule has 0 fully saturated rings. The summed E-state index contributed by atoms with van der Waals surface area (Å²) in [5.74, 6) is 1.68. The first-order valence-corrected chi connectivity index (χ1v) is 18.0. The number of nitrogens with zero attached hydrogens (tertiary/aromatic N) is 2. The number of aryl methyl sites for hydroxylation is 6. The van der Waals surface area contributed by atoms with Gasteiger partial charge in [-0.3, -0.25) is 9.44 Å². The maximum atomic E-state index is 5.72. The Morgan fingerprint density at radius 3 is 1.26 bits per heavy atom. The van der Waals surface area contributed by atoms with Crippen LogP contribution in [0.5, 0.6) is 0 Å². The molecule has 2 heterocycles. The molecule has 0 unspecified atom stereocenters. The zero-order valence-corrected chi connectivity index (χ0v) is 31.7. The molecule has 8 nitrogen and oxygen atoms in total. The van der Waals surface area contributed by atoms with Crippen LogP contribution in [-0.4, -0.2) is 49.8 Å². The van der Waals surface area contributed by atoms with E-state index in [0.717, 1.165) is 58.3 Å². The Labute approximate surface area is 286 Å². The van der Waals surface area contributed by atoms with Gasteiger partial charge in [0.2, 0.25) is 0 Å². The fourth-order valence-electron chi connectivity index (χ4n) is 4.33. The summed E-state index contributed by atoms with van der Waals surface area (Å²) < 4.78 is 28.9. The quantitative estimate of drug-likeness (QED) is 0.0939. The molecular formula is C36H56N4O4S2. The van der Waals surface area contributed by atoms with Gasteiger partial charge in [0, 0.05) is 34.0 Å². The van der Waals surface area contributed by atoms with Crippen LogP contribution in [-0.2, 0) is 9.47 Å². The summed E-state index contributed by atoms with van der Waals surface area (Å²) in [5.41, 5.74) is 8.62. The molecule has 256 valence electrons. The predicted octanol–water partition coefficient (Wildman–Crippen LogP) is 9.85. The van der Waals surface area contributed by atoms with Crippen LogP contribution in [0.3, 0.4) is 0 Å². The molecule has 0 bridgehead atoms. The summed E-state index contributed by atoms with van der Waals surface area (Å²) >= 11 is 3.23. The van der Waals surface area contributed by atoms with Gasteiger partial charge in [0.25, 0.3) is 0 Å². The SMILES string of the molecule is CC.CC.CC.Cc1ccc(-c2c(C)noc2C)cc1SNCCOCCOCCNSc1cc(-c2c(C)noc2C)ccc1C. The van der Waals surface area contributed by atoms with E-state index in [0.29, 0.717) is 26.4 Å². The topological polar surface area (TPSA) is 94.6 Å². The van der Waals surface area contributed by atoms with Crippen molar-refractivity contribution in [1.29, 1.82) is 0 Å². The number of rotatable bonds is 15. The maximum Gasteiger partial charge on any atom is 0.141 e. The van der Waals surface area contributed by atoms with E-state index in [2.05, 4.69) is 70.0 Å². The van der Waals surface area contributed by atoms with Crippen molar-refractivity contribution in [2.24, 2.45) is 0 Å². The Balaban J connectivity index is 0.00000166. The van der Waals surface area contributed by atoms with E-state index in [4.69, 9.17) is 18.5 Å². The highest BCUT2D eigenvalue weighted by molar-refractivity contribution is 7.97. The van der Waals surface area contributed by atoms with Gasteiger partial charge < -0.3 is 18.5 Å². The second kappa shape index (κ2) is 23.7. The fourth-order valence-corrected chi connectivity index (χ4v) is 5.84. The molecule has 2 aromatic carbocycles. The molecule has 0 radical (unpaired) electrons. The summed E-state index contributed by atoms with van der Waals surface area (Å²) in [5, 5.41) is 8.15. The molecule has 0 aliphatic heterocycles. The lowest BCUT2D eigenvalue weighted by Crippen LogP contribution is -2.17. The van der Waals surface area contributed by atoms with Crippen LogP contribution >= 0.6 is 23.9 Å². The first kappa shape index (κ1) is 41.4. The van der Waals surface area contributed by atoms with E-state index >= 15 is 0 Å². The number of hydrogen-bond acceptors (Lipinski definition) is 10. The van der Waals surface area contributed by atoms with E-state index in [1.807, 2.05) is 69.2 Å². The number of benzene rings is 2. The number of aromatic nitrogens is 2. The Morgan fingerprint density at radius 1 is 0.565 bits per heavy atom. The molecule has 0 spiro atoms. The van der Waals surface area contributed by atoms with Gasteiger partial charge in [0.15, 0.2) is 0 Å². The van der Waals surface area contributed by atoms with Crippen LogP contribution in [0.2, 0.25) is 0 Å². The highest BCUT2D eigenvalue weighted by Gasteiger charge is 2.14. The summed E-state index contributed by atoms with van der Waals surface area (Å²) in [4.78, 5) is 2.36. The van der Waals surface area contributed by atoms with Gasteiger partial charge in [0.1, 0.15) is 11.5 Å². The van der Waals surface area contributed by atoms with Crippen molar-refractivity contribution >= 4 is 23.9 Å². The summed E-state index contributed by atoms with van der Waals surface area (Å²) in [7, 11) is 0. The average molecular weight is 673 g/mol. The first-order chi connectivity index (χ1) is 22.3. The van der Waals surface area contributed by atoms with Crippen LogP contribution in [0, 0.1) is 41.5 Å². The normalized spacial score (nSPS) is 10.3. The molecule has 0 aliphatic carbocycles. The van der Waals surface area contributed by atoms with Gasteiger partial charge in [-0.2, -0.15) is 0 Å². The van der Waals surface area contributed by atoms with E-state index in [-0.39, 0.29) is 0 Å². The van der Waals surface area contributed by atoms with E-state index in [1.54, 1.807) is 23.9 Å². The molecular weight excluding hydrogens is 617 g/mol. The molecule has 0 aliphatic rings. The minimum atomic E-state index is 0.568. The van der Waals surface area contributed by atoms with Gasteiger partial charge in [-0.05, 0) is 99.8 Å². The molecule has 0 saturated heterocycles. The van der Waals surface area contributed by atoms with Crippen LogP contribution in [0.25, 0.3) is 22.3 Å². The molecule has 4 rings (SSSR count). The third-order valence-corrected chi connectivity index (χ3v) is 8.47. The lowest BCUT2D eigenvalue weighted by molar-refractivity contribution is 0.0525. The monoisotopic (exact) mass is 672 g/mol. The van der Waals surface area contributed by atoms with Gasteiger partial charge in [-0.15, -0.1) is 0 Å². The third-order valence-electron chi connectivity index (χ3n) is 6.45. The average Bonchev–Trinajstić information content (AvgIpc) is 3.60. The van der Waals surface area contributed by atoms with Gasteiger partial charge in [-0.25, -0.2) is 0 Å². The van der Waals surface area contributed by atoms with Gasteiger partial charge in [-0.1, -0.05) is 76.1 Å². The third kappa shape index (κ3) is 12.9. The molecule has 46 heavy (non-hydrogen) atoms. The zero-order valence-electron chi connectivity index (χ0n) is 30.1. The summed E-state index contributed by atoms with van der Waals surface area (Å²) in [6, 6.07) is 12.8. The lowest BCUT2D eigenvalue weighted by atomic mass is 10.0.